The van der Waals surface area contributed by atoms with Crippen LogP contribution in [0.5, 0.6) is 0 Å². The molecular formula is C15H13FN2S. The van der Waals surface area contributed by atoms with Crippen LogP contribution in [0.2, 0.25) is 0 Å². The minimum atomic E-state index is -0.285. The average molecular weight is 272 g/mol. The third-order valence-corrected chi connectivity index (χ3v) is 3.55. The fourth-order valence-corrected chi connectivity index (χ4v) is 2.54. The molecule has 1 heterocycles. The Morgan fingerprint density at radius 3 is 2.58 bits per heavy atom. The smallest absolute Gasteiger partial charge is 0.182 e. The number of fused-ring (bicyclic) bond motifs is 1. The van der Waals surface area contributed by atoms with E-state index in [0.717, 1.165) is 17.6 Å². The highest BCUT2D eigenvalue weighted by Gasteiger charge is 2.09. The Morgan fingerprint density at radius 1 is 1.16 bits per heavy atom. The zero-order chi connectivity index (χ0) is 13.4. The van der Waals surface area contributed by atoms with Crippen LogP contribution in [0.15, 0.2) is 42.5 Å². The first-order valence-corrected chi connectivity index (χ1v) is 6.60. The maximum Gasteiger partial charge on any atom is 0.182 e. The van der Waals surface area contributed by atoms with Crippen LogP contribution < -0.4 is 0 Å². The van der Waals surface area contributed by atoms with E-state index in [4.69, 9.17) is 12.2 Å². The van der Waals surface area contributed by atoms with E-state index in [1.165, 1.54) is 11.6 Å². The molecule has 0 radical (unpaired) electrons. The van der Waals surface area contributed by atoms with E-state index < -0.39 is 0 Å². The van der Waals surface area contributed by atoms with Crippen LogP contribution in [0.25, 0.3) is 16.7 Å². The van der Waals surface area contributed by atoms with Gasteiger partial charge in [-0.05, 0) is 48.5 Å². The lowest BCUT2D eigenvalue weighted by Crippen LogP contribution is -1.94. The Morgan fingerprint density at radius 2 is 1.89 bits per heavy atom. The van der Waals surface area contributed by atoms with Crippen LogP contribution in [-0.2, 0) is 6.42 Å². The summed E-state index contributed by atoms with van der Waals surface area (Å²) in [5, 5.41) is 0. The first-order valence-electron chi connectivity index (χ1n) is 6.19. The zero-order valence-electron chi connectivity index (χ0n) is 10.5. The van der Waals surface area contributed by atoms with Crippen LogP contribution in [0.1, 0.15) is 12.5 Å². The molecule has 3 aromatic rings. The number of imidazole rings is 1. The highest BCUT2D eigenvalue weighted by atomic mass is 32.1. The summed E-state index contributed by atoms with van der Waals surface area (Å²) in [5.41, 5.74) is 3.42. The highest BCUT2D eigenvalue weighted by Crippen LogP contribution is 2.21. The number of hydrogen-bond acceptors (Lipinski definition) is 1. The van der Waals surface area contributed by atoms with Crippen molar-refractivity contribution < 1.29 is 4.39 Å². The monoisotopic (exact) mass is 272 g/mol. The number of rotatable bonds is 2. The molecule has 1 N–H and O–H groups in total. The fraction of sp³-hybridized carbons (Fsp3) is 0.133. The van der Waals surface area contributed by atoms with Gasteiger partial charge in [0.05, 0.1) is 5.52 Å². The van der Waals surface area contributed by atoms with Gasteiger partial charge >= 0.3 is 0 Å². The number of benzene rings is 2. The third-order valence-electron chi connectivity index (χ3n) is 3.27. The summed E-state index contributed by atoms with van der Waals surface area (Å²) in [7, 11) is 0. The van der Waals surface area contributed by atoms with Gasteiger partial charge in [0.15, 0.2) is 4.77 Å². The summed E-state index contributed by atoms with van der Waals surface area (Å²) in [5.74, 6) is -0.285. The van der Waals surface area contributed by atoms with E-state index >= 15 is 0 Å². The van der Waals surface area contributed by atoms with Gasteiger partial charge in [0, 0.05) is 5.69 Å². The molecule has 0 atom stereocenters. The Kier molecular flexibility index (Phi) is 2.95. The first-order chi connectivity index (χ1) is 9.20. The molecule has 2 aromatic carbocycles. The molecule has 3 rings (SSSR count). The number of aromatic amines is 1. The Balaban J connectivity index is 2.27. The Bertz CT molecular complexity index is 784. The Hall–Kier alpha value is -1.94. The van der Waals surface area contributed by atoms with Gasteiger partial charge in [0.25, 0.3) is 0 Å². The lowest BCUT2D eigenvalue weighted by Gasteiger charge is -2.05. The predicted octanol–water partition coefficient (Wildman–Crippen LogP) is 4.39. The maximum atomic E-state index is 13.7. The van der Waals surface area contributed by atoms with Crippen molar-refractivity contribution in [3.05, 3.63) is 58.6 Å². The number of para-hydroxylation sites is 1. The van der Waals surface area contributed by atoms with Gasteiger partial charge in [-0.2, -0.15) is 0 Å². The minimum Gasteiger partial charge on any atom is -0.328 e. The number of halogens is 1. The summed E-state index contributed by atoms with van der Waals surface area (Å²) < 4.78 is 16.1. The normalized spacial score (nSPS) is 11.1. The van der Waals surface area contributed by atoms with Gasteiger partial charge in [-0.1, -0.05) is 25.1 Å². The van der Waals surface area contributed by atoms with Crippen molar-refractivity contribution in [3.63, 3.8) is 0 Å². The van der Waals surface area contributed by atoms with Crippen molar-refractivity contribution in [2.24, 2.45) is 0 Å². The summed E-state index contributed by atoms with van der Waals surface area (Å²) in [6.45, 7) is 2.11. The number of nitrogens with one attached hydrogen (secondary N) is 1. The average Bonchev–Trinajstić information content (AvgIpc) is 2.77. The molecule has 0 aliphatic carbocycles. The van der Waals surface area contributed by atoms with Crippen LogP contribution >= 0.6 is 12.2 Å². The predicted molar refractivity (Wildman–Crippen MR) is 77.8 cm³/mol. The molecule has 0 saturated heterocycles. The third kappa shape index (κ3) is 1.98. The summed E-state index contributed by atoms with van der Waals surface area (Å²) in [6.07, 6.45) is 0.994. The van der Waals surface area contributed by atoms with E-state index in [1.54, 1.807) is 6.07 Å². The molecule has 0 aliphatic heterocycles. The largest absolute Gasteiger partial charge is 0.328 e. The second-order valence-corrected chi connectivity index (χ2v) is 4.81. The molecule has 0 unspecified atom stereocenters. The molecule has 19 heavy (non-hydrogen) atoms. The molecule has 0 amide bonds. The van der Waals surface area contributed by atoms with Crippen LogP contribution in [0, 0.1) is 10.6 Å². The van der Waals surface area contributed by atoms with Gasteiger partial charge in [-0.15, -0.1) is 0 Å². The molecular weight excluding hydrogens is 259 g/mol. The second kappa shape index (κ2) is 4.63. The topological polar surface area (TPSA) is 20.7 Å². The minimum absolute atomic E-state index is 0.285. The van der Waals surface area contributed by atoms with Crippen LogP contribution in [-0.4, -0.2) is 9.55 Å². The quantitative estimate of drug-likeness (QED) is 0.686. The van der Waals surface area contributed by atoms with Crippen molar-refractivity contribution in [1.29, 1.82) is 0 Å². The van der Waals surface area contributed by atoms with Gasteiger partial charge in [0.1, 0.15) is 11.3 Å². The summed E-state index contributed by atoms with van der Waals surface area (Å²) in [4.78, 5) is 2.93. The van der Waals surface area contributed by atoms with Crippen molar-refractivity contribution in [2.45, 2.75) is 13.3 Å². The van der Waals surface area contributed by atoms with Crippen molar-refractivity contribution in [3.8, 4) is 5.69 Å². The highest BCUT2D eigenvalue weighted by molar-refractivity contribution is 7.71. The van der Waals surface area contributed by atoms with E-state index in [0.29, 0.717) is 10.3 Å². The van der Waals surface area contributed by atoms with Crippen molar-refractivity contribution >= 4 is 23.3 Å². The van der Waals surface area contributed by atoms with E-state index in [1.807, 2.05) is 22.8 Å². The molecule has 0 fully saturated rings. The van der Waals surface area contributed by atoms with Gasteiger partial charge in [-0.3, -0.25) is 4.57 Å². The second-order valence-electron chi connectivity index (χ2n) is 4.42. The summed E-state index contributed by atoms with van der Waals surface area (Å²) >= 11 is 5.30. The summed E-state index contributed by atoms with van der Waals surface area (Å²) in [6, 6.07) is 13.1. The van der Waals surface area contributed by atoms with Gasteiger partial charge in [0.2, 0.25) is 0 Å². The molecule has 2 nitrogen and oxygen atoms in total. The van der Waals surface area contributed by atoms with E-state index in [2.05, 4.69) is 24.0 Å². The maximum absolute atomic E-state index is 13.7. The van der Waals surface area contributed by atoms with Gasteiger partial charge in [-0.25, -0.2) is 4.39 Å². The lowest BCUT2D eigenvalue weighted by atomic mass is 10.1. The van der Waals surface area contributed by atoms with Crippen molar-refractivity contribution in [2.75, 3.05) is 0 Å². The van der Waals surface area contributed by atoms with Crippen LogP contribution in [0.3, 0.4) is 0 Å². The molecule has 0 aliphatic rings. The number of aromatic nitrogens is 2. The molecule has 0 bridgehead atoms. The molecule has 4 heteroatoms. The molecule has 96 valence electrons. The fourth-order valence-electron chi connectivity index (χ4n) is 2.23. The number of aryl methyl sites for hydroxylation is 1. The molecule has 0 saturated carbocycles. The SMILES string of the molecule is CCc1ccc(-n2c(=S)[nH]c3c(F)cccc32)cc1. The molecule has 1 aromatic heterocycles. The zero-order valence-corrected chi connectivity index (χ0v) is 11.3. The number of nitrogens with zero attached hydrogens (tertiary/aromatic N) is 1. The Labute approximate surface area is 115 Å². The standard InChI is InChI=1S/C15H13FN2S/c1-2-10-6-8-11(9-7-10)18-13-5-3-4-12(16)14(13)17-15(18)19/h3-9H,2H2,1H3,(H,17,19). The van der Waals surface area contributed by atoms with Crippen molar-refractivity contribution in [1.82, 2.24) is 9.55 Å². The first kappa shape index (κ1) is 12.1. The lowest BCUT2D eigenvalue weighted by molar-refractivity contribution is 0.637. The van der Waals surface area contributed by atoms with E-state index in [9.17, 15) is 4.39 Å². The number of hydrogen-bond donors (Lipinski definition) is 1. The molecule has 0 spiro atoms. The van der Waals surface area contributed by atoms with Crippen LogP contribution in [0.4, 0.5) is 4.39 Å². The van der Waals surface area contributed by atoms with Gasteiger partial charge < -0.3 is 4.98 Å². The van der Waals surface area contributed by atoms with E-state index in [-0.39, 0.29) is 5.82 Å². The number of H-pyrrole nitrogens is 1.